The van der Waals surface area contributed by atoms with Crippen molar-refractivity contribution in [2.45, 2.75) is 31.7 Å². The Morgan fingerprint density at radius 3 is 2.90 bits per heavy atom. The van der Waals surface area contributed by atoms with Gasteiger partial charge in [-0.25, -0.2) is 4.79 Å². The second-order valence-electron chi connectivity index (χ2n) is 4.99. The van der Waals surface area contributed by atoms with E-state index in [0.29, 0.717) is 11.4 Å². The number of ether oxygens (including phenoxy) is 1. The maximum atomic E-state index is 11.9. The first kappa shape index (κ1) is 15.0. The highest BCUT2D eigenvalue weighted by molar-refractivity contribution is 5.89. The summed E-state index contributed by atoms with van der Waals surface area (Å²) in [5.74, 6) is 0.507. The first-order chi connectivity index (χ1) is 10.2. The number of nitrogens with two attached hydrogens (primary N) is 1. The first-order valence-corrected chi connectivity index (χ1v) is 6.94. The fourth-order valence-corrected chi connectivity index (χ4v) is 2.27. The predicted molar refractivity (Wildman–Crippen MR) is 79.8 cm³/mol. The molecule has 1 aromatic rings. The zero-order valence-corrected chi connectivity index (χ0v) is 11.7. The number of urea groups is 1. The summed E-state index contributed by atoms with van der Waals surface area (Å²) in [5.41, 5.74) is 5.95. The minimum absolute atomic E-state index is 0.0196. The Bertz CT molecular complexity index is 513. The molecule has 1 aliphatic carbocycles. The summed E-state index contributed by atoms with van der Waals surface area (Å²) in [4.78, 5) is 11.9. The topological polar surface area (TPSA) is 109 Å². The molecule has 0 atom stereocenters. The highest BCUT2D eigenvalue weighted by atomic mass is 16.5. The Kier molecular flexibility index (Phi) is 5.25. The molecule has 0 radical (unpaired) electrons. The smallest absolute Gasteiger partial charge is 0.319 e. The van der Waals surface area contributed by atoms with E-state index < -0.39 is 0 Å². The molecule has 1 saturated carbocycles. The van der Waals surface area contributed by atoms with Crippen molar-refractivity contribution in [2.24, 2.45) is 10.9 Å². The summed E-state index contributed by atoms with van der Waals surface area (Å²) in [6.07, 6.45) is 4.41. The SMILES string of the molecule is N/C(COc1cccc(NC(=O)NC2CCCC2)c1)=N/O. The second kappa shape index (κ2) is 7.37. The summed E-state index contributed by atoms with van der Waals surface area (Å²) in [7, 11) is 0. The number of carbonyl (C=O) groups excluding carboxylic acids is 1. The van der Waals surface area contributed by atoms with Gasteiger partial charge >= 0.3 is 6.03 Å². The van der Waals surface area contributed by atoms with Gasteiger partial charge in [-0.3, -0.25) is 0 Å². The van der Waals surface area contributed by atoms with Crippen molar-refractivity contribution in [3.8, 4) is 5.75 Å². The number of benzene rings is 1. The Morgan fingerprint density at radius 1 is 1.43 bits per heavy atom. The van der Waals surface area contributed by atoms with Crippen LogP contribution >= 0.6 is 0 Å². The summed E-state index contributed by atoms with van der Waals surface area (Å²) >= 11 is 0. The van der Waals surface area contributed by atoms with Gasteiger partial charge in [-0.05, 0) is 25.0 Å². The van der Waals surface area contributed by atoms with Gasteiger partial charge in [0.15, 0.2) is 5.84 Å². The molecule has 0 unspecified atom stereocenters. The number of oxime groups is 1. The van der Waals surface area contributed by atoms with E-state index >= 15 is 0 Å². The summed E-state index contributed by atoms with van der Waals surface area (Å²) in [6.45, 7) is -0.0196. The lowest BCUT2D eigenvalue weighted by Gasteiger charge is -2.13. The quantitative estimate of drug-likeness (QED) is 0.287. The molecular formula is C14H20N4O3. The van der Waals surface area contributed by atoms with Crippen LogP contribution in [-0.4, -0.2) is 29.7 Å². The van der Waals surface area contributed by atoms with Crippen LogP contribution in [0.25, 0.3) is 0 Å². The van der Waals surface area contributed by atoms with Gasteiger partial charge in [-0.2, -0.15) is 0 Å². The van der Waals surface area contributed by atoms with E-state index in [1.54, 1.807) is 24.3 Å². The standard InChI is InChI=1S/C14H20N4O3/c15-13(18-20)9-21-12-7-3-6-11(8-12)17-14(19)16-10-4-1-2-5-10/h3,6-8,10,20H,1-2,4-5,9H2,(H2,15,18)(H2,16,17,19). The van der Waals surface area contributed by atoms with Crippen LogP contribution in [0.3, 0.4) is 0 Å². The number of nitrogens with zero attached hydrogens (tertiary/aromatic N) is 1. The molecule has 0 aliphatic heterocycles. The molecule has 21 heavy (non-hydrogen) atoms. The van der Waals surface area contributed by atoms with Crippen LogP contribution < -0.4 is 21.1 Å². The highest BCUT2D eigenvalue weighted by Crippen LogP contribution is 2.19. The van der Waals surface area contributed by atoms with E-state index in [0.717, 1.165) is 12.8 Å². The van der Waals surface area contributed by atoms with Crippen LogP contribution in [0.5, 0.6) is 5.75 Å². The number of carbonyl (C=O) groups is 1. The monoisotopic (exact) mass is 292 g/mol. The number of rotatable bonds is 5. The Labute approximate surface area is 123 Å². The molecule has 1 aliphatic rings. The first-order valence-electron chi connectivity index (χ1n) is 6.94. The molecule has 1 aromatic carbocycles. The van der Waals surface area contributed by atoms with Gasteiger partial charge in [0, 0.05) is 17.8 Å². The third kappa shape index (κ3) is 4.87. The molecule has 1 fully saturated rings. The van der Waals surface area contributed by atoms with Crippen LogP contribution in [0.2, 0.25) is 0 Å². The van der Waals surface area contributed by atoms with E-state index in [1.165, 1.54) is 12.8 Å². The molecule has 2 amide bonds. The van der Waals surface area contributed by atoms with Crippen molar-refractivity contribution in [3.05, 3.63) is 24.3 Å². The Balaban J connectivity index is 1.86. The maximum absolute atomic E-state index is 11.9. The van der Waals surface area contributed by atoms with Crippen molar-refractivity contribution >= 4 is 17.6 Å². The molecule has 7 heteroatoms. The number of amides is 2. The van der Waals surface area contributed by atoms with Gasteiger partial charge in [0.05, 0.1) is 0 Å². The number of amidine groups is 1. The molecule has 7 nitrogen and oxygen atoms in total. The minimum Gasteiger partial charge on any atom is -0.485 e. The van der Waals surface area contributed by atoms with Crippen LogP contribution in [0.15, 0.2) is 29.4 Å². The third-order valence-electron chi connectivity index (χ3n) is 3.30. The Hall–Kier alpha value is -2.44. The van der Waals surface area contributed by atoms with Gasteiger partial charge < -0.3 is 26.3 Å². The van der Waals surface area contributed by atoms with Crippen molar-refractivity contribution in [2.75, 3.05) is 11.9 Å². The fraction of sp³-hybridized carbons (Fsp3) is 0.429. The Morgan fingerprint density at radius 2 is 2.19 bits per heavy atom. The fourth-order valence-electron chi connectivity index (χ4n) is 2.27. The van der Waals surface area contributed by atoms with Gasteiger partial charge in [0.1, 0.15) is 12.4 Å². The summed E-state index contributed by atoms with van der Waals surface area (Å²) < 4.78 is 5.33. The van der Waals surface area contributed by atoms with E-state index in [9.17, 15) is 4.79 Å². The number of anilines is 1. The zero-order chi connectivity index (χ0) is 15.1. The van der Waals surface area contributed by atoms with Gasteiger partial charge in [-0.15, -0.1) is 0 Å². The van der Waals surface area contributed by atoms with Crippen molar-refractivity contribution < 1.29 is 14.7 Å². The highest BCUT2D eigenvalue weighted by Gasteiger charge is 2.16. The van der Waals surface area contributed by atoms with Gasteiger partial charge in [-0.1, -0.05) is 24.1 Å². The second-order valence-corrected chi connectivity index (χ2v) is 4.99. The summed E-state index contributed by atoms with van der Waals surface area (Å²) in [6, 6.07) is 6.99. The molecule has 0 saturated heterocycles. The average molecular weight is 292 g/mol. The molecule has 0 heterocycles. The van der Waals surface area contributed by atoms with Crippen molar-refractivity contribution in [3.63, 3.8) is 0 Å². The van der Waals surface area contributed by atoms with Crippen molar-refractivity contribution in [1.82, 2.24) is 5.32 Å². The van der Waals surface area contributed by atoms with Crippen molar-refractivity contribution in [1.29, 1.82) is 0 Å². The maximum Gasteiger partial charge on any atom is 0.319 e. The van der Waals surface area contributed by atoms with Gasteiger partial charge in [0.2, 0.25) is 0 Å². The molecule has 114 valence electrons. The molecule has 0 spiro atoms. The number of hydrogen-bond acceptors (Lipinski definition) is 4. The molecular weight excluding hydrogens is 272 g/mol. The number of nitrogens with one attached hydrogen (secondary N) is 2. The lowest BCUT2D eigenvalue weighted by molar-refractivity contribution is 0.248. The lowest BCUT2D eigenvalue weighted by Crippen LogP contribution is -2.36. The van der Waals surface area contributed by atoms with E-state index in [2.05, 4.69) is 15.8 Å². The minimum atomic E-state index is -0.213. The molecule has 0 aromatic heterocycles. The van der Waals surface area contributed by atoms with E-state index in [1.807, 2.05) is 0 Å². The molecule has 2 rings (SSSR count). The molecule has 0 bridgehead atoms. The van der Waals surface area contributed by atoms with Gasteiger partial charge in [0.25, 0.3) is 0 Å². The van der Waals surface area contributed by atoms with Crippen LogP contribution in [0.1, 0.15) is 25.7 Å². The van der Waals surface area contributed by atoms with E-state index in [-0.39, 0.29) is 24.5 Å². The third-order valence-corrected chi connectivity index (χ3v) is 3.30. The van der Waals surface area contributed by atoms with Crippen LogP contribution in [0.4, 0.5) is 10.5 Å². The largest absolute Gasteiger partial charge is 0.485 e. The normalized spacial score (nSPS) is 15.7. The average Bonchev–Trinajstić information content (AvgIpc) is 2.97. The zero-order valence-electron chi connectivity index (χ0n) is 11.7. The molecule has 5 N–H and O–H groups in total. The van der Waals surface area contributed by atoms with Crippen LogP contribution in [0, 0.1) is 0 Å². The number of hydrogen-bond donors (Lipinski definition) is 4. The van der Waals surface area contributed by atoms with E-state index in [4.69, 9.17) is 15.7 Å². The lowest BCUT2D eigenvalue weighted by atomic mass is 10.2. The summed E-state index contributed by atoms with van der Waals surface area (Å²) in [5, 5.41) is 17.0. The predicted octanol–water partition coefficient (Wildman–Crippen LogP) is 1.88. The van der Waals surface area contributed by atoms with Crippen LogP contribution in [-0.2, 0) is 0 Å².